The lowest BCUT2D eigenvalue weighted by Crippen LogP contribution is -2.21. The summed E-state index contributed by atoms with van der Waals surface area (Å²) in [5, 5.41) is 10.6. The van der Waals surface area contributed by atoms with Crippen LogP contribution in [-0.4, -0.2) is 30.0 Å². The van der Waals surface area contributed by atoms with Gasteiger partial charge in [0.25, 0.3) is 5.91 Å². The van der Waals surface area contributed by atoms with Crippen LogP contribution in [0.25, 0.3) is 11.6 Å². The van der Waals surface area contributed by atoms with Gasteiger partial charge in [-0.1, -0.05) is 12.1 Å². The van der Waals surface area contributed by atoms with E-state index in [1.54, 1.807) is 54.6 Å². The molecule has 0 atom stereocenters. The topological polar surface area (TPSA) is 137 Å². The fourth-order valence-electron chi connectivity index (χ4n) is 4.25. The van der Waals surface area contributed by atoms with E-state index in [9.17, 15) is 27.6 Å². The minimum absolute atomic E-state index is 0.00368. The summed E-state index contributed by atoms with van der Waals surface area (Å²) in [5.41, 5.74) is 3.54. The van der Waals surface area contributed by atoms with Gasteiger partial charge in [-0.2, -0.15) is 13.2 Å². The number of carbonyl (C=O) groups excluding carboxylic acids is 3. The van der Waals surface area contributed by atoms with Crippen molar-refractivity contribution in [2.45, 2.75) is 13.1 Å². The number of aromatic nitrogens is 1. The van der Waals surface area contributed by atoms with E-state index in [-0.39, 0.29) is 11.7 Å². The lowest BCUT2D eigenvalue weighted by atomic mass is 10.1. The van der Waals surface area contributed by atoms with Crippen molar-refractivity contribution in [3.63, 3.8) is 0 Å². The molecule has 2 aromatic heterocycles. The van der Waals surface area contributed by atoms with Crippen LogP contribution in [0.15, 0.2) is 65.2 Å². The summed E-state index contributed by atoms with van der Waals surface area (Å²) in [4.78, 5) is 39.6. The molecular weight excluding hydrogens is 543 g/mol. The molecule has 4 aromatic rings. The molecule has 0 saturated carbocycles. The van der Waals surface area contributed by atoms with Crippen LogP contribution in [0.5, 0.6) is 0 Å². The Hall–Kier alpha value is -5.46. The smallest absolute Gasteiger partial charge is 0.451 e. The zero-order chi connectivity index (χ0) is 29.3. The number of ether oxygens (including phenoxy) is 1. The van der Waals surface area contributed by atoms with E-state index in [1.807, 2.05) is 0 Å². The quantitative estimate of drug-likeness (QED) is 0.132. The monoisotopic (exact) mass is 565 g/mol. The van der Waals surface area contributed by atoms with Gasteiger partial charge in [0, 0.05) is 40.6 Å². The molecule has 5 N–H and O–H groups in total. The van der Waals surface area contributed by atoms with E-state index in [4.69, 9.17) is 4.74 Å². The SMILES string of the molecule is COC(=O)c1c[nH]c(/C=C2\C(=O)Nc3cc(Nc4cccc(NC(=O)Nc5cc(C)oc5C(F)(F)F)c4)ccc32)c1. The van der Waals surface area contributed by atoms with Crippen molar-refractivity contribution in [3.8, 4) is 0 Å². The highest BCUT2D eigenvalue weighted by Crippen LogP contribution is 2.38. The Labute approximate surface area is 230 Å². The van der Waals surface area contributed by atoms with Gasteiger partial charge < -0.3 is 35.4 Å². The molecule has 2 aromatic carbocycles. The Morgan fingerprint density at radius 2 is 1.76 bits per heavy atom. The number of carbonyl (C=O) groups is 3. The first-order valence-electron chi connectivity index (χ1n) is 12.1. The number of rotatable bonds is 6. The number of aryl methyl sites for hydroxylation is 1. The number of halogens is 3. The fraction of sp³-hybridized carbons (Fsp3) is 0.107. The average molecular weight is 566 g/mol. The van der Waals surface area contributed by atoms with Crippen LogP contribution in [0.1, 0.15) is 33.1 Å². The van der Waals surface area contributed by atoms with Gasteiger partial charge in [0.1, 0.15) is 5.76 Å². The van der Waals surface area contributed by atoms with E-state index >= 15 is 0 Å². The second-order valence-corrected chi connectivity index (χ2v) is 8.99. The van der Waals surface area contributed by atoms with Crippen molar-refractivity contribution in [1.82, 2.24) is 4.98 Å². The lowest BCUT2D eigenvalue weighted by molar-refractivity contribution is -0.152. The maximum atomic E-state index is 13.1. The highest BCUT2D eigenvalue weighted by atomic mass is 19.4. The molecule has 3 heterocycles. The Balaban J connectivity index is 1.28. The lowest BCUT2D eigenvalue weighted by Gasteiger charge is -2.12. The first-order chi connectivity index (χ1) is 19.5. The molecule has 0 radical (unpaired) electrons. The van der Waals surface area contributed by atoms with Gasteiger partial charge in [-0.15, -0.1) is 0 Å². The first-order valence-corrected chi connectivity index (χ1v) is 12.1. The molecule has 0 fully saturated rings. The zero-order valence-electron chi connectivity index (χ0n) is 21.5. The maximum Gasteiger partial charge on any atom is 0.451 e. The van der Waals surface area contributed by atoms with Gasteiger partial charge in [0.2, 0.25) is 5.76 Å². The number of hydrogen-bond donors (Lipinski definition) is 5. The summed E-state index contributed by atoms with van der Waals surface area (Å²) in [5.74, 6) is -2.10. The van der Waals surface area contributed by atoms with Crippen LogP contribution < -0.4 is 21.3 Å². The van der Waals surface area contributed by atoms with Crippen molar-refractivity contribution in [3.05, 3.63) is 89.1 Å². The predicted molar refractivity (Wildman–Crippen MR) is 146 cm³/mol. The summed E-state index contributed by atoms with van der Waals surface area (Å²) < 4.78 is 48.8. The summed E-state index contributed by atoms with van der Waals surface area (Å²) >= 11 is 0. The molecule has 0 saturated heterocycles. The van der Waals surface area contributed by atoms with Crippen molar-refractivity contribution in [1.29, 1.82) is 0 Å². The third-order valence-corrected chi connectivity index (χ3v) is 6.00. The Kier molecular flexibility index (Phi) is 7.01. The number of urea groups is 1. The van der Waals surface area contributed by atoms with Crippen LogP contribution in [0, 0.1) is 6.92 Å². The van der Waals surface area contributed by atoms with Crippen LogP contribution in [-0.2, 0) is 15.7 Å². The van der Waals surface area contributed by atoms with E-state index < -0.39 is 29.6 Å². The van der Waals surface area contributed by atoms with Crippen LogP contribution in [0.3, 0.4) is 0 Å². The van der Waals surface area contributed by atoms with Crippen LogP contribution >= 0.6 is 0 Å². The van der Waals surface area contributed by atoms with E-state index in [0.29, 0.717) is 45.1 Å². The number of hydrogen-bond acceptors (Lipinski definition) is 6. The molecule has 0 unspecified atom stereocenters. The van der Waals surface area contributed by atoms with E-state index in [0.717, 1.165) is 6.07 Å². The molecule has 1 aliphatic rings. The second-order valence-electron chi connectivity index (χ2n) is 8.99. The molecule has 0 bridgehead atoms. The Morgan fingerprint density at radius 3 is 2.51 bits per heavy atom. The normalized spacial score (nSPS) is 13.5. The summed E-state index contributed by atoms with van der Waals surface area (Å²) in [6.07, 6.45) is -1.64. The zero-order valence-corrected chi connectivity index (χ0v) is 21.5. The minimum Gasteiger partial charge on any atom is -0.465 e. The molecular formula is C28H22F3N5O5. The molecule has 3 amide bonds. The number of H-pyrrole nitrogens is 1. The van der Waals surface area contributed by atoms with Crippen molar-refractivity contribution in [2.75, 3.05) is 28.4 Å². The van der Waals surface area contributed by atoms with Gasteiger partial charge in [0.05, 0.1) is 29.6 Å². The largest absolute Gasteiger partial charge is 0.465 e. The van der Waals surface area contributed by atoms with Crippen LogP contribution in [0.4, 0.5) is 46.4 Å². The standard InChI is InChI=1S/C28H22F3N5O5/c1-14-8-23(24(41-14)28(29,30)31)36-27(39)34-17-5-3-4-16(10-17)33-18-6-7-20-21(25(37)35-22(20)12-18)11-19-9-15(13-32-19)26(38)40-2/h3-13,32-33H,1-2H3,(H,35,37)(H2,34,36,39)/b21-11-. The van der Waals surface area contributed by atoms with Crippen molar-refractivity contribution >= 4 is 58.0 Å². The third-order valence-electron chi connectivity index (χ3n) is 6.00. The number of esters is 1. The molecule has 1 aliphatic heterocycles. The van der Waals surface area contributed by atoms with Crippen molar-refractivity contribution < 1.29 is 36.7 Å². The number of amides is 3. The highest BCUT2D eigenvalue weighted by Gasteiger charge is 2.38. The Bertz CT molecular complexity index is 1700. The molecule has 0 aliphatic carbocycles. The Morgan fingerprint density at radius 1 is 1.00 bits per heavy atom. The van der Waals surface area contributed by atoms with Crippen molar-refractivity contribution in [2.24, 2.45) is 0 Å². The third kappa shape index (κ3) is 5.93. The number of aromatic amines is 1. The number of methoxy groups -OCH3 is 1. The molecule has 210 valence electrons. The van der Waals surface area contributed by atoms with Gasteiger partial charge in [0.15, 0.2) is 0 Å². The fourth-order valence-corrected chi connectivity index (χ4v) is 4.25. The van der Waals surface area contributed by atoms with E-state index in [2.05, 4.69) is 30.7 Å². The van der Waals surface area contributed by atoms with Gasteiger partial charge in [-0.25, -0.2) is 9.59 Å². The number of alkyl halides is 3. The van der Waals surface area contributed by atoms with Gasteiger partial charge >= 0.3 is 18.2 Å². The second kappa shape index (κ2) is 10.6. The van der Waals surface area contributed by atoms with Gasteiger partial charge in [-0.3, -0.25) is 4.79 Å². The number of fused-ring (bicyclic) bond motifs is 1. The van der Waals surface area contributed by atoms with E-state index in [1.165, 1.54) is 20.2 Å². The number of benzene rings is 2. The maximum absolute atomic E-state index is 13.1. The molecule has 13 heteroatoms. The molecule has 5 rings (SSSR count). The number of nitrogens with one attached hydrogen (secondary N) is 5. The molecule has 41 heavy (non-hydrogen) atoms. The number of anilines is 5. The summed E-state index contributed by atoms with van der Waals surface area (Å²) in [6, 6.07) is 13.6. The molecule has 0 spiro atoms. The molecule has 10 nitrogen and oxygen atoms in total. The summed E-state index contributed by atoms with van der Waals surface area (Å²) in [7, 11) is 1.28. The van der Waals surface area contributed by atoms with Gasteiger partial charge in [-0.05, 0) is 49.4 Å². The first kappa shape index (κ1) is 27.1. The number of furan rings is 1. The predicted octanol–water partition coefficient (Wildman–Crippen LogP) is 6.60. The highest BCUT2D eigenvalue weighted by molar-refractivity contribution is 6.35. The average Bonchev–Trinajstić information content (AvgIpc) is 3.61. The summed E-state index contributed by atoms with van der Waals surface area (Å²) in [6.45, 7) is 1.35. The van der Waals surface area contributed by atoms with Crippen LogP contribution in [0.2, 0.25) is 0 Å². The minimum atomic E-state index is -4.76.